The number of piperidine rings is 1. The molecule has 1 saturated heterocycles. The molecule has 2 aromatic carbocycles. The second-order valence-electron chi connectivity index (χ2n) is 9.58. The van der Waals surface area contributed by atoms with Gasteiger partial charge >= 0.3 is 0 Å². The molecule has 2 aliphatic rings. The van der Waals surface area contributed by atoms with Crippen LogP contribution >= 0.6 is 22.6 Å². The lowest BCUT2D eigenvalue weighted by Gasteiger charge is -2.51. The Hall–Kier alpha value is -2.20. The summed E-state index contributed by atoms with van der Waals surface area (Å²) in [6.07, 6.45) is 6.63. The molecule has 8 heteroatoms. The Morgan fingerprint density at radius 1 is 1.21 bits per heavy atom. The van der Waals surface area contributed by atoms with Crippen molar-refractivity contribution in [1.29, 1.82) is 0 Å². The minimum absolute atomic E-state index is 0.207. The van der Waals surface area contributed by atoms with E-state index < -0.39 is 0 Å². The van der Waals surface area contributed by atoms with Gasteiger partial charge in [0.2, 0.25) is 0 Å². The Balaban J connectivity index is 1.28. The van der Waals surface area contributed by atoms with E-state index in [1.807, 2.05) is 12.1 Å². The summed E-state index contributed by atoms with van der Waals surface area (Å²) in [4.78, 5) is 11.2. The number of ether oxygens (including phenoxy) is 1. The molecule has 1 aliphatic carbocycles. The molecular formula is C25H29FIN5O. The Kier molecular flexibility index (Phi) is 6.30. The number of anilines is 3. The molecule has 2 fully saturated rings. The maximum Gasteiger partial charge on any atom is 0.144 e. The van der Waals surface area contributed by atoms with Crippen molar-refractivity contribution in [3.8, 4) is 5.75 Å². The summed E-state index contributed by atoms with van der Waals surface area (Å²) in [6, 6.07) is 8.72. The summed E-state index contributed by atoms with van der Waals surface area (Å²) in [6.45, 7) is 3.11. The van der Waals surface area contributed by atoms with Gasteiger partial charge in [-0.2, -0.15) is 0 Å². The van der Waals surface area contributed by atoms with Gasteiger partial charge in [0.1, 0.15) is 23.7 Å². The van der Waals surface area contributed by atoms with Gasteiger partial charge in [0.05, 0.1) is 17.8 Å². The van der Waals surface area contributed by atoms with Gasteiger partial charge in [0.15, 0.2) is 0 Å². The minimum Gasteiger partial charge on any atom is -0.491 e. The molecule has 2 heterocycles. The smallest absolute Gasteiger partial charge is 0.144 e. The first-order valence-corrected chi connectivity index (χ1v) is 12.9. The first-order chi connectivity index (χ1) is 15.9. The summed E-state index contributed by atoms with van der Waals surface area (Å²) in [5.41, 5.74) is 9.64. The van der Waals surface area contributed by atoms with Crippen molar-refractivity contribution in [2.45, 2.75) is 30.1 Å². The van der Waals surface area contributed by atoms with Crippen LogP contribution < -0.4 is 15.8 Å². The lowest BCUT2D eigenvalue weighted by atomic mass is 9.58. The Morgan fingerprint density at radius 2 is 2.00 bits per heavy atom. The molecule has 1 saturated carbocycles. The largest absolute Gasteiger partial charge is 0.491 e. The van der Waals surface area contributed by atoms with Crippen molar-refractivity contribution in [2.75, 3.05) is 37.8 Å². The molecule has 0 unspecified atom stereocenters. The summed E-state index contributed by atoms with van der Waals surface area (Å²) < 4.78 is 20.6. The highest BCUT2D eigenvalue weighted by Crippen LogP contribution is 2.52. The number of nitrogen functional groups attached to an aromatic ring is 1. The number of hydrogen-bond donors (Lipinski definition) is 2. The van der Waals surface area contributed by atoms with E-state index in [0.29, 0.717) is 45.2 Å². The number of fused-ring (bicyclic) bond motifs is 1. The van der Waals surface area contributed by atoms with E-state index in [0.717, 1.165) is 16.6 Å². The molecule has 33 heavy (non-hydrogen) atoms. The highest BCUT2D eigenvalue weighted by atomic mass is 127. The van der Waals surface area contributed by atoms with Crippen molar-refractivity contribution >= 4 is 50.7 Å². The number of hydrogen-bond acceptors (Lipinski definition) is 6. The van der Waals surface area contributed by atoms with Crippen LogP contribution in [0.25, 0.3) is 10.9 Å². The van der Waals surface area contributed by atoms with E-state index in [1.54, 1.807) is 12.1 Å². The number of likely N-dealkylation sites (tertiary alicyclic amines) is 1. The summed E-state index contributed by atoms with van der Waals surface area (Å²) in [5.74, 6) is 1.69. The van der Waals surface area contributed by atoms with Crippen molar-refractivity contribution in [1.82, 2.24) is 14.9 Å². The van der Waals surface area contributed by atoms with Crippen molar-refractivity contribution in [2.24, 2.45) is 11.3 Å². The molecule has 174 valence electrons. The van der Waals surface area contributed by atoms with Gasteiger partial charge in [0, 0.05) is 21.6 Å². The van der Waals surface area contributed by atoms with E-state index in [-0.39, 0.29) is 5.82 Å². The van der Waals surface area contributed by atoms with E-state index in [2.05, 4.69) is 49.8 Å². The van der Waals surface area contributed by atoms with Crippen LogP contribution in [0.2, 0.25) is 0 Å². The van der Waals surface area contributed by atoms with E-state index in [4.69, 9.17) is 10.5 Å². The second-order valence-corrected chi connectivity index (χ2v) is 10.3. The van der Waals surface area contributed by atoms with Crippen LogP contribution in [0.1, 0.15) is 31.2 Å². The average Bonchev–Trinajstić information content (AvgIpc) is 2.79. The van der Waals surface area contributed by atoms with Crippen molar-refractivity contribution in [3.63, 3.8) is 0 Å². The fourth-order valence-corrected chi connectivity index (χ4v) is 5.79. The maximum absolute atomic E-state index is 13.8. The Bertz CT molecular complexity index is 1160. The third kappa shape index (κ3) is 4.73. The fourth-order valence-electron chi connectivity index (χ4n) is 5.21. The van der Waals surface area contributed by atoms with Gasteiger partial charge in [-0.05, 0) is 87.0 Å². The molecule has 1 spiro atoms. The number of alkyl halides is 1. The predicted octanol–water partition coefficient (Wildman–Crippen LogP) is 5.53. The second kappa shape index (κ2) is 9.21. The standard InChI is InChI=1S/C25H29FIN5O/c1-32-6-4-25(5-7-32)11-16(12-25)14-33-23-10-22-19(9-21(23)28)24(30-15-29-22)31-18-2-3-20(26)17(8-18)13-27/h2-3,8-10,15-16H,4-7,11-14,28H2,1H3,(H,29,30,31). The Labute approximate surface area is 207 Å². The molecule has 0 amide bonds. The van der Waals surface area contributed by atoms with Gasteiger partial charge in [0.25, 0.3) is 0 Å². The third-order valence-corrected chi connectivity index (χ3v) is 8.01. The SMILES string of the molecule is CN1CCC2(CC1)CC(COc1cc3ncnc(Nc4ccc(F)c(CI)c4)c3cc1N)C2. The molecule has 0 bridgehead atoms. The molecule has 6 nitrogen and oxygen atoms in total. The first kappa shape index (κ1) is 22.6. The minimum atomic E-state index is -0.207. The molecule has 5 rings (SSSR count). The topological polar surface area (TPSA) is 76.3 Å². The highest BCUT2D eigenvalue weighted by Gasteiger charge is 2.45. The zero-order valence-electron chi connectivity index (χ0n) is 18.8. The van der Waals surface area contributed by atoms with Crippen molar-refractivity contribution in [3.05, 3.63) is 48.0 Å². The third-order valence-electron chi connectivity index (χ3n) is 7.18. The lowest BCUT2D eigenvalue weighted by Crippen LogP contribution is -2.47. The predicted molar refractivity (Wildman–Crippen MR) is 139 cm³/mol. The molecule has 1 aliphatic heterocycles. The molecule has 3 aromatic rings. The van der Waals surface area contributed by atoms with Crippen LogP contribution in [0.4, 0.5) is 21.6 Å². The van der Waals surface area contributed by atoms with Gasteiger partial charge in [-0.25, -0.2) is 14.4 Å². The van der Waals surface area contributed by atoms with Crippen LogP contribution in [-0.2, 0) is 4.43 Å². The highest BCUT2D eigenvalue weighted by molar-refractivity contribution is 14.1. The number of rotatable bonds is 6. The number of nitrogens with two attached hydrogens (primary N) is 1. The summed E-state index contributed by atoms with van der Waals surface area (Å²) in [5, 5.41) is 4.08. The first-order valence-electron chi connectivity index (χ1n) is 11.4. The Morgan fingerprint density at radius 3 is 2.76 bits per heavy atom. The van der Waals surface area contributed by atoms with Gasteiger partial charge in [-0.1, -0.05) is 22.6 Å². The number of halogens is 2. The monoisotopic (exact) mass is 561 g/mol. The van der Waals surface area contributed by atoms with E-state index in [1.165, 1.54) is 51.2 Å². The van der Waals surface area contributed by atoms with Crippen LogP contribution in [0, 0.1) is 17.2 Å². The normalized spacial score (nSPS) is 18.4. The number of nitrogens with zero attached hydrogens (tertiary/aromatic N) is 3. The zero-order chi connectivity index (χ0) is 23.0. The van der Waals surface area contributed by atoms with Crippen LogP contribution in [0.5, 0.6) is 5.75 Å². The van der Waals surface area contributed by atoms with Gasteiger partial charge < -0.3 is 20.7 Å². The maximum atomic E-state index is 13.8. The number of aromatic nitrogens is 2. The molecular weight excluding hydrogens is 532 g/mol. The van der Waals surface area contributed by atoms with Gasteiger partial charge in [-0.3, -0.25) is 0 Å². The van der Waals surface area contributed by atoms with E-state index >= 15 is 0 Å². The fraction of sp³-hybridized carbons (Fsp3) is 0.440. The van der Waals surface area contributed by atoms with E-state index in [9.17, 15) is 4.39 Å². The quantitative estimate of drug-likeness (QED) is 0.234. The molecule has 1 aromatic heterocycles. The van der Waals surface area contributed by atoms with Crippen LogP contribution in [0.3, 0.4) is 0 Å². The van der Waals surface area contributed by atoms with Crippen LogP contribution in [-0.4, -0.2) is 41.6 Å². The average molecular weight is 561 g/mol. The molecule has 0 atom stereocenters. The lowest BCUT2D eigenvalue weighted by molar-refractivity contribution is -0.0244. The molecule has 0 radical (unpaired) electrons. The van der Waals surface area contributed by atoms with Crippen LogP contribution in [0.15, 0.2) is 36.7 Å². The summed E-state index contributed by atoms with van der Waals surface area (Å²) >= 11 is 2.15. The zero-order valence-corrected chi connectivity index (χ0v) is 20.9. The van der Waals surface area contributed by atoms with Gasteiger partial charge in [-0.15, -0.1) is 0 Å². The summed E-state index contributed by atoms with van der Waals surface area (Å²) in [7, 11) is 2.21. The number of nitrogens with one attached hydrogen (secondary N) is 1. The van der Waals surface area contributed by atoms with Crippen molar-refractivity contribution < 1.29 is 9.13 Å². The number of benzene rings is 2. The molecule has 3 N–H and O–H groups in total.